The van der Waals surface area contributed by atoms with Gasteiger partial charge in [0.2, 0.25) is 0 Å². The average Bonchev–Trinajstić information content (AvgIpc) is 2.92. The fourth-order valence-corrected chi connectivity index (χ4v) is 5.34. The molecule has 0 spiro atoms. The van der Waals surface area contributed by atoms with Crippen molar-refractivity contribution in [2.45, 2.75) is 84.7 Å². The lowest BCUT2D eigenvalue weighted by atomic mass is 9.69. The molecule has 1 nitrogen and oxygen atoms in total. The number of hydrogen-bond acceptors (Lipinski definition) is 1. The maximum Gasteiger partial charge on any atom is 0.0131 e. The van der Waals surface area contributed by atoms with Crippen molar-refractivity contribution < 1.29 is 0 Å². The lowest BCUT2D eigenvalue weighted by Gasteiger charge is -2.40. The third-order valence-corrected chi connectivity index (χ3v) is 7.35. The molecule has 0 heterocycles. The van der Waals surface area contributed by atoms with E-state index in [0.717, 1.165) is 23.9 Å². The molecule has 0 aromatic rings. The monoisotopic (exact) mass is 249 g/mol. The first-order valence-electron chi connectivity index (χ1n) is 8.23. The van der Waals surface area contributed by atoms with E-state index in [1.54, 1.807) is 0 Å². The summed E-state index contributed by atoms with van der Waals surface area (Å²) < 4.78 is 0. The van der Waals surface area contributed by atoms with E-state index in [9.17, 15) is 0 Å². The van der Waals surface area contributed by atoms with Crippen LogP contribution in [-0.2, 0) is 0 Å². The first kappa shape index (κ1) is 13.0. The predicted octanol–water partition coefficient (Wildman–Crippen LogP) is 4.37. The molecular formula is C17H31N. The van der Waals surface area contributed by atoms with Crippen molar-refractivity contribution in [1.29, 1.82) is 0 Å². The van der Waals surface area contributed by atoms with Crippen LogP contribution in [0, 0.1) is 22.7 Å². The number of nitrogens with one attached hydrogen (secondary N) is 1. The Labute approximate surface area is 113 Å². The summed E-state index contributed by atoms with van der Waals surface area (Å²) in [6, 6.07) is 1.62. The normalized spacial score (nSPS) is 50.0. The molecule has 18 heavy (non-hydrogen) atoms. The van der Waals surface area contributed by atoms with E-state index in [1.807, 2.05) is 0 Å². The molecule has 5 atom stereocenters. The summed E-state index contributed by atoms with van der Waals surface area (Å²) in [7, 11) is 0. The summed E-state index contributed by atoms with van der Waals surface area (Å²) in [5.74, 6) is 1.98. The Kier molecular flexibility index (Phi) is 3.05. The minimum absolute atomic E-state index is 0.558. The van der Waals surface area contributed by atoms with Gasteiger partial charge in [-0.3, -0.25) is 0 Å². The maximum absolute atomic E-state index is 4.07. The van der Waals surface area contributed by atoms with E-state index in [1.165, 1.54) is 44.9 Å². The molecule has 3 saturated carbocycles. The van der Waals surface area contributed by atoms with E-state index < -0.39 is 0 Å². The highest BCUT2D eigenvalue weighted by Crippen LogP contribution is 2.65. The van der Waals surface area contributed by atoms with Crippen molar-refractivity contribution in [3.8, 4) is 0 Å². The second-order valence-electron chi connectivity index (χ2n) is 8.11. The van der Waals surface area contributed by atoms with Gasteiger partial charge in [0.25, 0.3) is 0 Å². The van der Waals surface area contributed by atoms with Crippen molar-refractivity contribution in [3.05, 3.63) is 0 Å². The van der Waals surface area contributed by atoms with E-state index in [-0.39, 0.29) is 0 Å². The SMILES string of the molecule is CCC1CCC(NC2CC3CCC2(C)C3(C)C)C1. The minimum Gasteiger partial charge on any atom is -0.311 e. The van der Waals surface area contributed by atoms with Crippen LogP contribution >= 0.6 is 0 Å². The first-order chi connectivity index (χ1) is 8.47. The van der Waals surface area contributed by atoms with Crippen LogP contribution in [0.15, 0.2) is 0 Å². The Morgan fingerprint density at radius 3 is 2.33 bits per heavy atom. The first-order valence-corrected chi connectivity index (χ1v) is 8.23. The van der Waals surface area contributed by atoms with Gasteiger partial charge >= 0.3 is 0 Å². The van der Waals surface area contributed by atoms with Gasteiger partial charge in [-0.05, 0) is 61.2 Å². The molecule has 0 aromatic heterocycles. The molecule has 3 rings (SSSR count). The molecular weight excluding hydrogens is 218 g/mol. The molecule has 1 heteroatoms. The standard InChI is InChI=1S/C17H31N/c1-5-12-6-7-14(10-12)18-15-11-13-8-9-17(15,4)16(13,2)3/h12-15,18H,5-11H2,1-4H3. The van der Waals surface area contributed by atoms with Gasteiger partial charge in [-0.1, -0.05) is 34.1 Å². The number of fused-ring (bicyclic) bond motifs is 2. The zero-order valence-corrected chi connectivity index (χ0v) is 12.8. The molecule has 0 radical (unpaired) electrons. The van der Waals surface area contributed by atoms with E-state index in [0.29, 0.717) is 10.8 Å². The topological polar surface area (TPSA) is 12.0 Å². The summed E-state index contributed by atoms with van der Waals surface area (Å²) >= 11 is 0. The highest BCUT2D eigenvalue weighted by Gasteiger charge is 2.61. The fourth-order valence-electron chi connectivity index (χ4n) is 5.34. The molecule has 1 N–H and O–H groups in total. The van der Waals surface area contributed by atoms with Crippen LogP contribution in [0.25, 0.3) is 0 Å². The highest BCUT2D eigenvalue weighted by atomic mass is 15.0. The molecule has 0 saturated heterocycles. The van der Waals surface area contributed by atoms with E-state index in [2.05, 4.69) is 33.0 Å². The third-order valence-electron chi connectivity index (χ3n) is 7.35. The van der Waals surface area contributed by atoms with Gasteiger partial charge in [-0.2, -0.15) is 0 Å². The Balaban J connectivity index is 1.66. The molecule has 5 unspecified atom stereocenters. The average molecular weight is 249 g/mol. The number of rotatable bonds is 3. The summed E-state index contributed by atoms with van der Waals surface area (Å²) in [4.78, 5) is 0. The zero-order valence-electron chi connectivity index (χ0n) is 12.8. The van der Waals surface area contributed by atoms with Gasteiger partial charge in [0, 0.05) is 12.1 Å². The quantitative estimate of drug-likeness (QED) is 0.783. The number of hydrogen-bond donors (Lipinski definition) is 1. The van der Waals surface area contributed by atoms with Crippen LogP contribution in [-0.4, -0.2) is 12.1 Å². The minimum atomic E-state index is 0.558. The summed E-state index contributed by atoms with van der Waals surface area (Å²) in [5.41, 5.74) is 1.12. The second kappa shape index (κ2) is 4.23. The molecule has 3 aliphatic rings. The zero-order chi connectivity index (χ0) is 13.0. The highest BCUT2D eigenvalue weighted by molar-refractivity contribution is 5.13. The molecule has 2 bridgehead atoms. The van der Waals surface area contributed by atoms with Gasteiger partial charge in [0.1, 0.15) is 0 Å². The fraction of sp³-hybridized carbons (Fsp3) is 1.00. The molecule has 0 aliphatic heterocycles. The van der Waals surface area contributed by atoms with Crippen molar-refractivity contribution >= 4 is 0 Å². The van der Waals surface area contributed by atoms with E-state index in [4.69, 9.17) is 0 Å². The summed E-state index contributed by atoms with van der Waals surface area (Å²) in [5, 5.41) is 4.07. The predicted molar refractivity (Wildman–Crippen MR) is 77.6 cm³/mol. The molecule has 3 fully saturated rings. The molecule has 0 aromatic carbocycles. The largest absolute Gasteiger partial charge is 0.311 e. The van der Waals surface area contributed by atoms with Crippen LogP contribution in [0.3, 0.4) is 0 Å². The Hall–Kier alpha value is -0.0400. The summed E-state index contributed by atoms with van der Waals surface area (Å²) in [6.07, 6.45) is 10.1. The van der Waals surface area contributed by atoms with Crippen LogP contribution < -0.4 is 5.32 Å². The van der Waals surface area contributed by atoms with Gasteiger partial charge < -0.3 is 5.32 Å². The second-order valence-corrected chi connectivity index (χ2v) is 8.11. The maximum atomic E-state index is 4.07. The lowest BCUT2D eigenvalue weighted by molar-refractivity contribution is 0.115. The van der Waals surface area contributed by atoms with Crippen LogP contribution in [0.5, 0.6) is 0 Å². The van der Waals surface area contributed by atoms with Crippen LogP contribution in [0.4, 0.5) is 0 Å². The Morgan fingerprint density at radius 1 is 1.06 bits per heavy atom. The van der Waals surface area contributed by atoms with Crippen molar-refractivity contribution in [1.82, 2.24) is 5.32 Å². The Bertz CT molecular complexity index is 322. The Morgan fingerprint density at radius 2 is 1.83 bits per heavy atom. The molecule has 3 aliphatic carbocycles. The van der Waals surface area contributed by atoms with Gasteiger partial charge in [-0.15, -0.1) is 0 Å². The van der Waals surface area contributed by atoms with Gasteiger partial charge in [-0.25, -0.2) is 0 Å². The van der Waals surface area contributed by atoms with Crippen molar-refractivity contribution in [2.24, 2.45) is 22.7 Å². The smallest absolute Gasteiger partial charge is 0.0131 e. The summed E-state index contributed by atoms with van der Waals surface area (Å²) in [6.45, 7) is 9.96. The molecule has 0 amide bonds. The van der Waals surface area contributed by atoms with Crippen molar-refractivity contribution in [2.75, 3.05) is 0 Å². The van der Waals surface area contributed by atoms with Gasteiger partial charge in [0.05, 0.1) is 0 Å². The molecule has 104 valence electrons. The van der Waals surface area contributed by atoms with Crippen LogP contribution in [0.2, 0.25) is 0 Å². The van der Waals surface area contributed by atoms with Crippen LogP contribution in [0.1, 0.15) is 72.6 Å². The third kappa shape index (κ3) is 1.69. The van der Waals surface area contributed by atoms with Crippen molar-refractivity contribution in [3.63, 3.8) is 0 Å². The lowest BCUT2D eigenvalue weighted by Crippen LogP contribution is -2.47. The van der Waals surface area contributed by atoms with E-state index >= 15 is 0 Å². The van der Waals surface area contributed by atoms with Gasteiger partial charge in [0.15, 0.2) is 0 Å².